The third-order valence-corrected chi connectivity index (χ3v) is 4.62. The number of rotatable bonds is 8. The van der Waals surface area contributed by atoms with Gasteiger partial charge in [-0.05, 0) is 61.6 Å². The standard InChI is InChI=1S/C20H20ClN3O4/c1-12(20(26)27)5-3-4-6-13-9-17(19(25)18(10-13)28-2)24-22-15-8-7-14(21)11-16(15)23-24/h7-11,25H,1,3-6H2,2H3,(H,26,27). The van der Waals surface area contributed by atoms with Gasteiger partial charge in [-0.15, -0.1) is 15.0 Å². The summed E-state index contributed by atoms with van der Waals surface area (Å²) in [4.78, 5) is 12.2. The van der Waals surface area contributed by atoms with E-state index in [0.29, 0.717) is 46.8 Å². The average Bonchev–Trinajstić information content (AvgIpc) is 3.08. The number of carboxylic acids is 1. The number of ether oxygens (including phenoxy) is 1. The minimum Gasteiger partial charge on any atom is -0.503 e. The number of phenolic OH excluding ortho intramolecular Hbond substituents is 1. The number of aromatic hydroxyl groups is 1. The predicted molar refractivity (Wildman–Crippen MR) is 106 cm³/mol. The molecule has 2 N–H and O–H groups in total. The fourth-order valence-corrected chi connectivity index (χ4v) is 3.04. The molecular weight excluding hydrogens is 382 g/mol. The van der Waals surface area contributed by atoms with Crippen molar-refractivity contribution in [3.8, 4) is 17.2 Å². The highest BCUT2D eigenvalue weighted by molar-refractivity contribution is 6.31. The quantitative estimate of drug-likeness (QED) is 0.435. The van der Waals surface area contributed by atoms with Gasteiger partial charge in [-0.1, -0.05) is 18.2 Å². The Hall–Kier alpha value is -3.06. The van der Waals surface area contributed by atoms with Crippen LogP contribution in [0.25, 0.3) is 16.7 Å². The third-order valence-electron chi connectivity index (χ3n) is 4.39. The van der Waals surface area contributed by atoms with Crippen molar-refractivity contribution in [2.75, 3.05) is 7.11 Å². The molecule has 1 heterocycles. The highest BCUT2D eigenvalue weighted by Crippen LogP contribution is 2.34. The second kappa shape index (κ2) is 8.31. The molecule has 1 aromatic heterocycles. The molecule has 28 heavy (non-hydrogen) atoms. The smallest absolute Gasteiger partial charge is 0.330 e. The van der Waals surface area contributed by atoms with Crippen molar-refractivity contribution < 1.29 is 19.7 Å². The number of hydrogen-bond donors (Lipinski definition) is 2. The summed E-state index contributed by atoms with van der Waals surface area (Å²) in [7, 11) is 1.48. The first-order valence-electron chi connectivity index (χ1n) is 8.73. The number of nitrogens with zero attached hydrogens (tertiary/aromatic N) is 3. The van der Waals surface area contributed by atoms with Gasteiger partial charge in [-0.3, -0.25) is 0 Å². The van der Waals surface area contributed by atoms with Crippen LogP contribution in [0.2, 0.25) is 5.02 Å². The van der Waals surface area contributed by atoms with E-state index in [2.05, 4.69) is 16.8 Å². The van der Waals surface area contributed by atoms with E-state index >= 15 is 0 Å². The van der Waals surface area contributed by atoms with Crippen molar-refractivity contribution >= 4 is 28.6 Å². The number of halogens is 1. The first-order chi connectivity index (χ1) is 13.4. The van der Waals surface area contributed by atoms with E-state index in [1.165, 1.54) is 11.9 Å². The maximum atomic E-state index is 10.8. The van der Waals surface area contributed by atoms with Gasteiger partial charge in [-0.25, -0.2) is 4.79 Å². The average molecular weight is 402 g/mol. The van der Waals surface area contributed by atoms with Crippen molar-refractivity contribution in [1.29, 1.82) is 0 Å². The van der Waals surface area contributed by atoms with Gasteiger partial charge < -0.3 is 14.9 Å². The number of carbonyl (C=O) groups is 1. The fourth-order valence-electron chi connectivity index (χ4n) is 2.87. The molecule has 0 atom stereocenters. The Morgan fingerprint density at radius 2 is 1.96 bits per heavy atom. The summed E-state index contributed by atoms with van der Waals surface area (Å²) in [5, 5.41) is 28.7. The van der Waals surface area contributed by atoms with E-state index < -0.39 is 5.97 Å². The van der Waals surface area contributed by atoms with Gasteiger partial charge in [0.15, 0.2) is 11.5 Å². The van der Waals surface area contributed by atoms with Crippen LogP contribution in [-0.2, 0) is 11.2 Å². The lowest BCUT2D eigenvalue weighted by atomic mass is 10.0. The minimum atomic E-state index is -0.967. The number of carboxylic acid groups (broad SMARTS) is 1. The molecule has 3 aromatic rings. The molecule has 8 heteroatoms. The van der Waals surface area contributed by atoms with E-state index in [1.807, 2.05) is 0 Å². The van der Waals surface area contributed by atoms with Crippen molar-refractivity contribution in [1.82, 2.24) is 15.0 Å². The highest BCUT2D eigenvalue weighted by atomic mass is 35.5. The highest BCUT2D eigenvalue weighted by Gasteiger charge is 2.15. The second-order valence-corrected chi connectivity index (χ2v) is 6.84. The van der Waals surface area contributed by atoms with Crippen LogP contribution in [0.1, 0.15) is 24.8 Å². The molecule has 0 spiro atoms. The van der Waals surface area contributed by atoms with Crippen LogP contribution in [0.4, 0.5) is 0 Å². The summed E-state index contributed by atoms with van der Waals surface area (Å²) in [6.45, 7) is 3.54. The molecule has 7 nitrogen and oxygen atoms in total. The first kappa shape index (κ1) is 19.7. The van der Waals surface area contributed by atoms with Gasteiger partial charge in [0.25, 0.3) is 0 Å². The molecule has 0 saturated carbocycles. The molecule has 0 saturated heterocycles. The number of unbranched alkanes of at least 4 members (excludes halogenated alkanes) is 1. The summed E-state index contributed by atoms with van der Waals surface area (Å²) in [5.41, 5.74) is 2.79. The first-order valence-corrected chi connectivity index (χ1v) is 9.10. The molecular formula is C20H20ClN3O4. The zero-order chi connectivity index (χ0) is 20.3. The van der Waals surface area contributed by atoms with Crippen LogP contribution in [0.5, 0.6) is 11.5 Å². The molecule has 0 amide bonds. The van der Waals surface area contributed by atoms with Crippen LogP contribution >= 0.6 is 11.6 Å². The van der Waals surface area contributed by atoms with Gasteiger partial charge in [0, 0.05) is 10.6 Å². The number of phenols is 1. The zero-order valence-corrected chi connectivity index (χ0v) is 16.1. The molecule has 0 unspecified atom stereocenters. The molecule has 0 bridgehead atoms. The third kappa shape index (κ3) is 4.26. The summed E-state index contributed by atoms with van der Waals surface area (Å²) >= 11 is 6.00. The topological polar surface area (TPSA) is 97.5 Å². The van der Waals surface area contributed by atoms with E-state index in [4.69, 9.17) is 21.4 Å². The summed E-state index contributed by atoms with van der Waals surface area (Å²) < 4.78 is 5.29. The molecule has 0 fully saturated rings. The van der Waals surface area contributed by atoms with Crippen LogP contribution in [0, 0.1) is 0 Å². The van der Waals surface area contributed by atoms with Crippen LogP contribution in [-0.4, -0.2) is 38.3 Å². The lowest BCUT2D eigenvalue weighted by molar-refractivity contribution is -0.132. The molecule has 0 aliphatic rings. The van der Waals surface area contributed by atoms with Gasteiger partial charge in [0.1, 0.15) is 16.7 Å². The van der Waals surface area contributed by atoms with Crippen LogP contribution in [0.3, 0.4) is 0 Å². The van der Waals surface area contributed by atoms with Crippen LogP contribution < -0.4 is 4.74 Å². The largest absolute Gasteiger partial charge is 0.503 e. The summed E-state index contributed by atoms with van der Waals surface area (Å²) in [5.74, 6) is -0.704. The Bertz CT molecular complexity index is 1050. The second-order valence-electron chi connectivity index (χ2n) is 6.40. The van der Waals surface area contributed by atoms with E-state index in [9.17, 15) is 9.90 Å². The number of methoxy groups -OCH3 is 1. The Balaban J connectivity index is 1.85. The molecule has 146 valence electrons. The number of hydrogen-bond acceptors (Lipinski definition) is 5. The summed E-state index contributed by atoms with van der Waals surface area (Å²) in [6.07, 6.45) is 2.59. The van der Waals surface area contributed by atoms with Crippen molar-refractivity contribution in [2.45, 2.75) is 25.7 Å². The SMILES string of the molecule is C=C(CCCCc1cc(OC)c(O)c(-n2nc3ccc(Cl)cc3n2)c1)C(=O)O. The maximum absolute atomic E-state index is 10.8. The number of fused-ring (bicyclic) bond motifs is 1. The summed E-state index contributed by atoms with van der Waals surface area (Å²) in [6, 6.07) is 8.74. The minimum absolute atomic E-state index is 0.0584. The van der Waals surface area contributed by atoms with Gasteiger partial charge in [0.05, 0.1) is 7.11 Å². The molecule has 0 aliphatic heterocycles. The molecule has 2 aromatic carbocycles. The Morgan fingerprint density at radius 3 is 2.68 bits per heavy atom. The number of benzene rings is 2. The van der Waals surface area contributed by atoms with Gasteiger partial charge in [-0.2, -0.15) is 0 Å². The van der Waals surface area contributed by atoms with E-state index in [-0.39, 0.29) is 11.3 Å². The fraction of sp³-hybridized carbons (Fsp3) is 0.250. The number of aromatic nitrogens is 3. The molecule has 0 aliphatic carbocycles. The molecule has 3 rings (SSSR count). The van der Waals surface area contributed by atoms with Gasteiger partial charge >= 0.3 is 5.97 Å². The Kier molecular flexibility index (Phi) is 5.84. The van der Waals surface area contributed by atoms with E-state index in [1.54, 1.807) is 30.3 Å². The Morgan fingerprint density at radius 1 is 1.21 bits per heavy atom. The lowest BCUT2D eigenvalue weighted by Gasteiger charge is -2.11. The Labute approximate surface area is 166 Å². The van der Waals surface area contributed by atoms with Crippen LogP contribution in [0.15, 0.2) is 42.5 Å². The van der Waals surface area contributed by atoms with Crippen molar-refractivity contribution in [2.24, 2.45) is 0 Å². The molecule has 0 radical (unpaired) electrons. The maximum Gasteiger partial charge on any atom is 0.330 e. The van der Waals surface area contributed by atoms with Gasteiger partial charge in [0.2, 0.25) is 0 Å². The van der Waals surface area contributed by atoms with E-state index in [0.717, 1.165) is 12.0 Å². The predicted octanol–water partition coefficient (Wildman–Crippen LogP) is 4.14. The normalized spacial score (nSPS) is 10.9. The lowest BCUT2D eigenvalue weighted by Crippen LogP contribution is -2.02. The monoisotopic (exact) mass is 401 g/mol. The van der Waals surface area contributed by atoms with Crippen molar-refractivity contribution in [3.05, 3.63) is 53.1 Å². The zero-order valence-electron chi connectivity index (χ0n) is 15.4. The number of aliphatic carboxylic acids is 1. The van der Waals surface area contributed by atoms with Crippen molar-refractivity contribution in [3.63, 3.8) is 0 Å². The number of aryl methyl sites for hydroxylation is 1.